The fourth-order valence-corrected chi connectivity index (χ4v) is 2.56. The van der Waals surface area contributed by atoms with Crippen molar-refractivity contribution in [2.75, 3.05) is 17.2 Å². The lowest BCUT2D eigenvalue weighted by Crippen LogP contribution is -2.57. The van der Waals surface area contributed by atoms with Gasteiger partial charge in [0.15, 0.2) is 5.82 Å². The van der Waals surface area contributed by atoms with Gasteiger partial charge in [0, 0.05) is 24.4 Å². The average molecular weight is 329 g/mol. The van der Waals surface area contributed by atoms with Crippen molar-refractivity contribution in [3.05, 3.63) is 24.0 Å². The Kier molecular flexibility index (Phi) is 4.31. The van der Waals surface area contributed by atoms with E-state index in [0.29, 0.717) is 42.5 Å². The van der Waals surface area contributed by atoms with E-state index in [9.17, 15) is 10.4 Å². The van der Waals surface area contributed by atoms with Crippen LogP contribution in [0.1, 0.15) is 31.7 Å². The number of aliphatic hydroxyl groups excluding tert-OH is 1. The van der Waals surface area contributed by atoms with Crippen LogP contribution in [0.15, 0.2) is 17.1 Å². The number of aromatic nitrogens is 4. The molecule has 2 aromatic heterocycles. The molecule has 1 aliphatic rings. The van der Waals surface area contributed by atoms with Crippen molar-refractivity contribution in [3.63, 3.8) is 0 Å². The van der Waals surface area contributed by atoms with Crippen LogP contribution in [0.3, 0.4) is 0 Å². The Bertz CT molecular complexity index is 739. The topological polar surface area (TPSA) is 133 Å². The monoisotopic (exact) mass is 329 g/mol. The van der Waals surface area contributed by atoms with E-state index < -0.39 is 0 Å². The molecule has 24 heavy (non-hydrogen) atoms. The lowest BCUT2D eigenvalue weighted by atomic mass is 9.64. The summed E-state index contributed by atoms with van der Waals surface area (Å²) in [4.78, 5) is 12.4. The molecule has 2 aromatic rings. The molecule has 1 aliphatic carbocycles. The van der Waals surface area contributed by atoms with Crippen LogP contribution < -0.4 is 10.6 Å². The minimum atomic E-state index is -0.352. The highest BCUT2D eigenvalue weighted by molar-refractivity contribution is 5.54. The Morgan fingerprint density at radius 2 is 2.29 bits per heavy atom. The van der Waals surface area contributed by atoms with E-state index >= 15 is 0 Å². The summed E-state index contributed by atoms with van der Waals surface area (Å²) >= 11 is 0. The van der Waals surface area contributed by atoms with E-state index in [1.165, 1.54) is 12.6 Å². The van der Waals surface area contributed by atoms with Crippen LogP contribution >= 0.6 is 0 Å². The normalized spacial score (nSPS) is 21.6. The summed E-state index contributed by atoms with van der Waals surface area (Å²) in [7, 11) is 0. The van der Waals surface area contributed by atoms with Crippen molar-refractivity contribution in [1.29, 1.82) is 5.26 Å². The Balaban J connectivity index is 1.66. The second-order valence-corrected chi connectivity index (χ2v) is 6.36. The molecule has 0 unspecified atom stereocenters. The smallest absolute Gasteiger partial charge is 0.224 e. The molecule has 0 aliphatic heterocycles. The molecule has 9 heteroatoms. The fourth-order valence-electron chi connectivity index (χ4n) is 2.56. The number of hydrogen-bond acceptors (Lipinski definition) is 9. The summed E-state index contributed by atoms with van der Waals surface area (Å²) in [5.41, 5.74) is 0.111. The summed E-state index contributed by atoms with van der Waals surface area (Å²) in [5, 5.41) is 29.1. The highest BCUT2D eigenvalue weighted by atomic mass is 16.5. The maximum atomic E-state index is 9.84. The molecule has 126 valence electrons. The van der Waals surface area contributed by atoms with Gasteiger partial charge >= 0.3 is 0 Å². The number of nitriles is 1. The zero-order valence-electron chi connectivity index (χ0n) is 13.5. The van der Waals surface area contributed by atoms with Gasteiger partial charge in [0.05, 0.1) is 12.3 Å². The third-order valence-electron chi connectivity index (χ3n) is 4.47. The van der Waals surface area contributed by atoms with E-state index in [0.717, 1.165) is 0 Å². The molecule has 0 bridgehead atoms. The minimum absolute atomic E-state index is 0.0571. The third-order valence-corrected chi connectivity index (χ3v) is 4.47. The zero-order valence-corrected chi connectivity index (χ0v) is 13.5. The van der Waals surface area contributed by atoms with Crippen molar-refractivity contribution >= 4 is 11.8 Å². The van der Waals surface area contributed by atoms with Crippen LogP contribution in [0.2, 0.25) is 0 Å². The summed E-state index contributed by atoms with van der Waals surface area (Å²) < 4.78 is 4.67. The van der Waals surface area contributed by atoms with Gasteiger partial charge in [-0.3, -0.25) is 0 Å². The number of nitrogens with zero attached hydrogens (tertiary/aromatic N) is 5. The SMILES string of the molecule is CC1(C)[C@@H](O)C[C@H]1Nc1nc(NCCc2ncon2)ncc1C#N. The molecule has 3 rings (SSSR count). The zero-order chi connectivity index (χ0) is 17.2. The van der Waals surface area contributed by atoms with Gasteiger partial charge < -0.3 is 20.3 Å². The maximum absolute atomic E-state index is 9.84. The Labute approximate surface area is 139 Å². The van der Waals surface area contributed by atoms with Gasteiger partial charge in [-0.15, -0.1) is 0 Å². The number of hydrogen-bond donors (Lipinski definition) is 3. The van der Waals surface area contributed by atoms with Crippen LogP contribution in [0.5, 0.6) is 0 Å². The molecule has 0 spiro atoms. The van der Waals surface area contributed by atoms with Gasteiger partial charge in [-0.1, -0.05) is 19.0 Å². The molecule has 2 heterocycles. The molecule has 0 aromatic carbocycles. The van der Waals surface area contributed by atoms with Crippen molar-refractivity contribution in [3.8, 4) is 6.07 Å². The molecule has 3 N–H and O–H groups in total. The summed E-state index contributed by atoms with van der Waals surface area (Å²) in [5.74, 6) is 1.48. The lowest BCUT2D eigenvalue weighted by Gasteiger charge is -2.49. The largest absolute Gasteiger partial charge is 0.392 e. The van der Waals surface area contributed by atoms with Crippen molar-refractivity contribution < 1.29 is 9.63 Å². The number of nitrogens with one attached hydrogen (secondary N) is 2. The lowest BCUT2D eigenvalue weighted by molar-refractivity contribution is -0.0511. The fraction of sp³-hybridized carbons (Fsp3) is 0.533. The van der Waals surface area contributed by atoms with Gasteiger partial charge in [-0.2, -0.15) is 15.2 Å². The Morgan fingerprint density at radius 3 is 2.92 bits per heavy atom. The van der Waals surface area contributed by atoms with E-state index in [2.05, 4.69) is 41.3 Å². The highest BCUT2D eigenvalue weighted by Crippen LogP contribution is 2.42. The van der Waals surface area contributed by atoms with Crippen LogP contribution in [-0.2, 0) is 6.42 Å². The number of rotatable bonds is 6. The van der Waals surface area contributed by atoms with Crippen molar-refractivity contribution in [2.24, 2.45) is 5.41 Å². The quantitative estimate of drug-likeness (QED) is 0.708. The van der Waals surface area contributed by atoms with E-state index in [4.69, 9.17) is 0 Å². The Morgan fingerprint density at radius 1 is 1.46 bits per heavy atom. The minimum Gasteiger partial charge on any atom is -0.392 e. The average Bonchev–Trinajstić information content (AvgIpc) is 3.08. The molecule has 0 amide bonds. The van der Waals surface area contributed by atoms with E-state index in [1.807, 2.05) is 13.8 Å². The van der Waals surface area contributed by atoms with Crippen LogP contribution in [-0.4, -0.2) is 43.9 Å². The Hall–Kier alpha value is -2.73. The molecule has 1 fully saturated rings. The van der Waals surface area contributed by atoms with Gasteiger partial charge in [0.25, 0.3) is 0 Å². The summed E-state index contributed by atoms with van der Waals surface area (Å²) in [6, 6.07) is 2.14. The van der Waals surface area contributed by atoms with E-state index in [1.54, 1.807) is 0 Å². The predicted octanol–water partition coefficient (Wildman–Crippen LogP) is 0.957. The predicted molar refractivity (Wildman–Crippen MR) is 85.1 cm³/mol. The number of anilines is 2. The van der Waals surface area contributed by atoms with Gasteiger partial charge in [-0.05, 0) is 6.42 Å². The first kappa shape index (κ1) is 16.1. The highest BCUT2D eigenvalue weighted by Gasteiger charge is 2.47. The summed E-state index contributed by atoms with van der Waals surface area (Å²) in [6.45, 7) is 4.50. The maximum Gasteiger partial charge on any atom is 0.224 e. The van der Waals surface area contributed by atoms with Crippen molar-refractivity contribution in [2.45, 2.75) is 38.8 Å². The van der Waals surface area contributed by atoms with Gasteiger partial charge in [0.2, 0.25) is 12.3 Å². The summed E-state index contributed by atoms with van der Waals surface area (Å²) in [6.07, 6.45) is 3.61. The van der Waals surface area contributed by atoms with Crippen LogP contribution in [0.4, 0.5) is 11.8 Å². The second-order valence-electron chi connectivity index (χ2n) is 6.36. The van der Waals surface area contributed by atoms with Crippen molar-refractivity contribution in [1.82, 2.24) is 20.1 Å². The van der Waals surface area contributed by atoms with Gasteiger partial charge in [0.1, 0.15) is 17.5 Å². The number of aliphatic hydroxyl groups is 1. The molecule has 0 saturated heterocycles. The molecular weight excluding hydrogens is 310 g/mol. The molecule has 9 nitrogen and oxygen atoms in total. The first-order valence-corrected chi connectivity index (χ1v) is 7.71. The van der Waals surface area contributed by atoms with Crippen LogP contribution in [0.25, 0.3) is 0 Å². The third kappa shape index (κ3) is 3.14. The first-order chi connectivity index (χ1) is 11.5. The molecule has 2 atom stereocenters. The standard InChI is InChI=1S/C15H19N7O2/c1-15(2)10(5-11(15)23)20-13-9(6-16)7-18-14(21-13)17-4-3-12-19-8-24-22-12/h7-8,10-11,23H,3-5H2,1-2H3,(H2,17,18,20,21)/t10-,11+/m1/s1. The molecular formula is C15H19N7O2. The first-order valence-electron chi connectivity index (χ1n) is 7.71. The van der Waals surface area contributed by atoms with Gasteiger partial charge in [-0.25, -0.2) is 4.98 Å². The molecule has 0 radical (unpaired) electrons. The second kappa shape index (κ2) is 6.41. The molecule has 1 saturated carbocycles. The van der Waals surface area contributed by atoms with Crippen LogP contribution in [0, 0.1) is 16.7 Å². The van der Waals surface area contributed by atoms with E-state index in [-0.39, 0.29) is 17.6 Å².